The number of thioether (sulfide) groups is 1. The number of amides is 1. The maximum absolute atomic E-state index is 11.5. The molecule has 1 fully saturated rings. The van der Waals surface area contributed by atoms with Crippen LogP contribution >= 0.6 is 23.4 Å². The molecule has 0 radical (unpaired) electrons. The summed E-state index contributed by atoms with van der Waals surface area (Å²) in [5.74, 6) is 0.632. The zero-order valence-electron chi connectivity index (χ0n) is 20.8. The number of halogens is 1. The molecule has 5 atom stereocenters. The smallest absolute Gasteiger partial charge is 0.407 e. The topological polar surface area (TPSA) is 120 Å². The summed E-state index contributed by atoms with van der Waals surface area (Å²) < 4.78 is 11.6. The first-order chi connectivity index (χ1) is 16.9. The zero-order chi connectivity index (χ0) is 26.6. The molecule has 36 heavy (non-hydrogen) atoms. The summed E-state index contributed by atoms with van der Waals surface area (Å²) in [7, 11) is 0. The third-order valence-electron chi connectivity index (χ3n) is 6.14. The van der Waals surface area contributed by atoms with Crippen molar-refractivity contribution < 1.29 is 34.7 Å². The molecule has 3 rings (SSSR count). The second-order valence-electron chi connectivity index (χ2n) is 9.76. The van der Waals surface area contributed by atoms with E-state index >= 15 is 0 Å². The summed E-state index contributed by atoms with van der Waals surface area (Å²) in [6.07, 6.45) is -3.28. The molecule has 1 aliphatic rings. The van der Waals surface area contributed by atoms with Crippen LogP contribution in [-0.4, -0.2) is 80.1 Å². The van der Waals surface area contributed by atoms with E-state index in [0.717, 1.165) is 11.1 Å². The molecule has 2 aromatic rings. The van der Waals surface area contributed by atoms with Gasteiger partial charge < -0.3 is 34.8 Å². The lowest BCUT2D eigenvalue weighted by Crippen LogP contribution is -2.52. The Balaban J connectivity index is 1.66. The second-order valence-corrected chi connectivity index (χ2v) is 11.1. The van der Waals surface area contributed by atoms with Crippen LogP contribution in [0.3, 0.4) is 0 Å². The van der Waals surface area contributed by atoms with E-state index in [-0.39, 0.29) is 13.2 Å². The van der Waals surface area contributed by atoms with Crippen LogP contribution in [0.2, 0.25) is 5.02 Å². The number of nitrogens with zero attached hydrogens (tertiary/aromatic N) is 1. The molecule has 10 heteroatoms. The van der Waals surface area contributed by atoms with E-state index in [9.17, 15) is 25.2 Å². The van der Waals surface area contributed by atoms with Gasteiger partial charge in [0.15, 0.2) is 0 Å². The number of ether oxygens (including phenoxy) is 2. The molecule has 0 aliphatic carbocycles. The Kier molecular flexibility index (Phi) is 9.54. The van der Waals surface area contributed by atoms with E-state index in [1.807, 2.05) is 51.1 Å². The number of aliphatic hydroxyl groups is 3. The van der Waals surface area contributed by atoms with Gasteiger partial charge in [0.2, 0.25) is 0 Å². The number of aliphatic hydroxyl groups excluding tert-OH is 3. The molecule has 1 heterocycles. The van der Waals surface area contributed by atoms with Gasteiger partial charge in [-0.2, -0.15) is 0 Å². The highest BCUT2D eigenvalue weighted by Crippen LogP contribution is 2.37. The molecule has 0 unspecified atom stereocenters. The van der Waals surface area contributed by atoms with Gasteiger partial charge in [-0.1, -0.05) is 35.9 Å². The highest BCUT2D eigenvalue weighted by molar-refractivity contribution is 7.99. The highest BCUT2D eigenvalue weighted by atomic mass is 35.5. The predicted octanol–water partition coefficient (Wildman–Crippen LogP) is 3.93. The lowest BCUT2D eigenvalue weighted by molar-refractivity contribution is -0.200. The van der Waals surface area contributed by atoms with Gasteiger partial charge in [0.1, 0.15) is 42.2 Å². The fourth-order valence-electron chi connectivity index (χ4n) is 4.12. The molecule has 1 amide bonds. The summed E-state index contributed by atoms with van der Waals surface area (Å²) in [5, 5.41) is 40.8. The quantitative estimate of drug-likeness (QED) is 0.398. The number of hydrogen-bond donors (Lipinski definition) is 4. The van der Waals surface area contributed by atoms with Crippen molar-refractivity contribution in [3.8, 4) is 5.75 Å². The van der Waals surface area contributed by atoms with Crippen molar-refractivity contribution in [1.29, 1.82) is 0 Å². The first kappa shape index (κ1) is 28.6. The molecule has 2 aromatic carbocycles. The van der Waals surface area contributed by atoms with Gasteiger partial charge >= 0.3 is 6.09 Å². The summed E-state index contributed by atoms with van der Waals surface area (Å²) in [5.41, 5.74) is 1.28. The number of hydrogen-bond acceptors (Lipinski definition) is 7. The Hall–Kier alpha value is -2.01. The maximum atomic E-state index is 11.5. The number of carbonyl (C=O) groups is 1. The van der Waals surface area contributed by atoms with Gasteiger partial charge in [-0.05, 0) is 68.3 Å². The van der Waals surface area contributed by atoms with E-state index in [1.54, 1.807) is 18.4 Å². The Morgan fingerprint density at radius 3 is 2.33 bits per heavy atom. The van der Waals surface area contributed by atoms with Gasteiger partial charge in [0, 0.05) is 10.6 Å². The Bertz CT molecular complexity index is 1030. The van der Waals surface area contributed by atoms with Crippen LogP contribution in [0.25, 0.3) is 0 Å². The minimum absolute atomic E-state index is 0.234. The molecule has 198 valence electrons. The summed E-state index contributed by atoms with van der Waals surface area (Å²) in [6, 6.07) is 12.8. The minimum Gasteiger partial charge on any atom is -0.492 e. The average molecular weight is 540 g/mol. The first-order valence-corrected chi connectivity index (χ1v) is 13.3. The third-order valence-corrected chi connectivity index (χ3v) is 7.37. The van der Waals surface area contributed by atoms with Crippen LogP contribution < -0.4 is 4.74 Å². The Morgan fingerprint density at radius 1 is 1.08 bits per heavy atom. The third kappa shape index (κ3) is 6.85. The monoisotopic (exact) mass is 539 g/mol. The van der Waals surface area contributed by atoms with Crippen molar-refractivity contribution in [1.82, 2.24) is 4.90 Å². The molecule has 0 saturated carbocycles. The molecule has 0 bridgehead atoms. The van der Waals surface area contributed by atoms with Gasteiger partial charge in [-0.25, -0.2) is 4.79 Å². The predicted molar refractivity (Wildman–Crippen MR) is 140 cm³/mol. The van der Waals surface area contributed by atoms with Crippen LogP contribution in [0.5, 0.6) is 5.75 Å². The number of benzene rings is 2. The largest absolute Gasteiger partial charge is 0.492 e. The first-order valence-electron chi connectivity index (χ1n) is 11.7. The van der Waals surface area contributed by atoms with E-state index in [0.29, 0.717) is 22.8 Å². The SMILES string of the molecule is CS[C@H]1O[C@@H](c2ccc(Cl)c(Cc3ccc(OCCN(C(=O)O)C(C)(C)C)cc3)c2)[C@H](O)[C@@H](O)[C@@H]1O. The highest BCUT2D eigenvalue weighted by Gasteiger charge is 2.44. The van der Waals surface area contributed by atoms with Crippen molar-refractivity contribution >= 4 is 29.5 Å². The number of rotatable bonds is 8. The van der Waals surface area contributed by atoms with Crippen molar-refractivity contribution in [3.05, 3.63) is 64.2 Å². The van der Waals surface area contributed by atoms with Gasteiger partial charge in [0.25, 0.3) is 0 Å². The molecule has 0 spiro atoms. The van der Waals surface area contributed by atoms with E-state index in [4.69, 9.17) is 21.1 Å². The standard InChI is InChI=1S/C26H34ClNO7S/c1-26(2,3)28(25(32)33)11-12-34-18-8-5-15(6-9-18)13-17-14-16(7-10-19(17)27)23-21(30)20(29)22(31)24(35-23)36-4/h5-10,14,20-24,29-31H,11-13H2,1-4H3,(H,32,33)/t20-,21-,22+,23+,24-/m1/s1. The van der Waals surface area contributed by atoms with Crippen LogP contribution in [0.1, 0.15) is 43.6 Å². The maximum Gasteiger partial charge on any atom is 0.407 e. The average Bonchev–Trinajstić information content (AvgIpc) is 2.82. The molecule has 4 N–H and O–H groups in total. The second kappa shape index (κ2) is 12.0. The Morgan fingerprint density at radius 2 is 1.75 bits per heavy atom. The van der Waals surface area contributed by atoms with Crippen LogP contribution in [0.4, 0.5) is 4.79 Å². The minimum atomic E-state index is -1.32. The van der Waals surface area contributed by atoms with Crippen LogP contribution in [0, 0.1) is 0 Å². The summed E-state index contributed by atoms with van der Waals surface area (Å²) >= 11 is 7.71. The van der Waals surface area contributed by atoms with E-state index in [2.05, 4.69) is 0 Å². The molecule has 1 aliphatic heterocycles. The van der Waals surface area contributed by atoms with Crippen LogP contribution in [-0.2, 0) is 11.2 Å². The molecule has 1 saturated heterocycles. The Labute approximate surface area is 220 Å². The van der Waals surface area contributed by atoms with Crippen molar-refractivity contribution in [3.63, 3.8) is 0 Å². The van der Waals surface area contributed by atoms with Gasteiger partial charge in [-0.15, -0.1) is 11.8 Å². The summed E-state index contributed by atoms with van der Waals surface area (Å²) in [4.78, 5) is 12.8. The van der Waals surface area contributed by atoms with Crippen molar-refractivity contribution in [2.75, 3.05) is 19.4 Å². The summed E-state index contributed by atoms with van der Waals surface area (Å²) in [6.45, 7) is 6.00. The molecular weight excluding hydrogens is 506 g/mol. The van der Waals surface area contributed by atoms with Crippen molar-refractivity contribution in [2.24, 2.45) is 0 Å². The molecule has 8 nitrogen and oxygen atoms in total. The molecule has 0 aromatic heterocycles. The lowest BCUT2D eigenvalue weighted by atomic mass is 9.92. The van der Waals surface area contributed by atoms with Crippen LogP contribution in [0.15, 0.2) is 42.5 Å². The van der Waals surface area contributed by atoms with Gasteiger partial charge in [0.05, 0.1) is 6.54 Å². The number of carboxylic acid groups (broad SMARTS) is 1. The normalized spacial score (nSPS) is 24.4. The fourth-order valence-corrected chi connectivity index (χ4v) is 4.98. The molecular formula is C26H34ClNO7S. The fraction of sp³-hybridized carbons (Fsp3) is 0.500. The lowest BCUT2D eigenvalue weighted by Gasteiger charge is -2.40. The zero-order valence-corrected chi connectivity index (χ0v) is 22.4. The van der Waals surface area contributed by atoms with Crippen molar-refractivity contribution in [2.45, 2.75) is 62.6 Å². The van der Waals surface area contributed by atoms with E-state index < -0.39 is 41.5 Å². The van der Waals surface area contributed by atoms with E-state index in [1.165, 1.54) is 16.7 Å². The van der Waals surface area contributed by atoms with Gasteiger partial charge in [-0.3, -0.25) is 0 Å².